The maximum Gasteiger partial charge on any atom is 0.239 e. The number of nitrogens with one attached hydrogen (secondary N) is 1. The highest BCUT2D eigenvalue weighted by Gasteiger charge is 2.16. The second kappa shape index (κ2) is 5.38. The minimum absolute atomic E-state index is 0.332. The predicted octanol–water partition coefficient (Wildman–Crippen LogP) is 0.497. The second-order valence-electron chi connectivity index (χ2n) is 3.57. The molecular formula is C11H12F2N2O2. The molecule has 6 heteroatoms. The summed E-state index contributed by atoms with van der Waals surface area (Å²) in [5.41, 5.74) is 4.60. The number of rotatable bonds is 4. The number of benzene rings is 1. The Morgan fingerprint density at radius 1 is 1.35 bits per heavy atom. The molecule has 0 aliphatic rings. The molecule has 17 heavy (non-hydrogen) atoms. The van der Waals surface area contributed by atoms with Crippen LogP contribution < -0.4 is 11.1 Å². The highest BCUT2D eigenvalue weighted by Crippen LogP contribution is 2.12. The van der Waals surface area contributed by atoms with Crippen LogP contribution in [-0.2, 0) is 16.0 Å². The van der Waals surface area contributed by atoms with Gasteiger partial charge in [0.25, 0.3) is 0 Å². The first-order chi connectivity index (χ1) is 7.91. The number of hydrogen-bond donors (Lipinski definition) is 2. The number of hydrogen-bond acceptors (Lipinski definition) is 2. The topological polar surface area (TPSA) is 72.2 Å². The molecule has 0 radical (unpaired) electrons. The zero-order valence-corrected chi connectivity index (χ0v) is 9.17. The van der Waals surface area contributed by atoms with Crippen molar-refractivity contribution >= 4 is 11.8 Å². The Labute approximate surface area is 96.8 Å². The van der Waals surface area contributed by atoms with Gasteiger partial charge in [-0.1, -0.05) is 6.07 Å². The van der Waals surface area contributed by atoms with Crippen LogP contribution in [0, 0.1) is 11.6 Å². The fraction of sp³-hybridized carbons (Fsp3) is 0.273. The average Bonchev–Trinajstić information content (AvgIpc) is 2.23. The third kappa shape index (κ3) is 3.51. The monoisotopic (exact) mass is 242 g/mol. The Kier molecular flexibility index (Phi) is 4.14. The Morgan fingerprint density at radius 2 is 1.88 bits per heavy atom. The van der Waals surface area contributed by atoms with Crippen LogP contribution in [0.3, 0.4) is 0 Å². The van der Waals surface area contributed by atoms with Crippen molar-refractivity contribution in [3.05, 3.63) is 35.4 Å². The van der Waals surface area contributed by atoms with E-state index >= 15 is 0 Å². The van der Waals surface area contributed by atoms with Crippen LogP contribution in [0.1, 0.15) is 12.5 Å². The summed E-state index contributed by atoms with van der Waals surface area (Å²) >= 11 is 0. The molecule has 92 valence electrons. The molecule has 1 aromatic carbocycles. The summed E-state index contributed by atoms with van der Waals surface area (Å²) in [6.45, 7) is 1.39. The van der Waals surface area contributed by atoms with Crippen LogP contribution in [0.15, 0.2) is 18.2 Å². The van der Waals surface area contributed by atoms with Gasteiger partial charge in [-0.15, -0.1) is 0 Å². The molecule has 0 bridgehead atoms. The average molecular weight is 242 g/mol. The number of amides is 2. The zero-order chi connectivity index (χ0) is 13.0. The van der Waals surface area contributed by atoms with E-state index in [1.165, 1.54) is 13.0 Å². The second-order valence-corrected chi connectivity index (χ2v) is 3.57. The first-order valence-corrected chi connectivity index (χ1v) is 4.93. The molecule has 1 unspecified atom stereocenters. The Balaban J connectivity index is 2.72. The van der Waals surface area contributed by atoms with Crippen molar-refractivity contribution in [1.29, 1.82) is 0 Å². The van der Waals surface area contributed by atoms with E-state index in [9.17, 15) is 18.4 Å². The molecule has 0 aliphatic heterocycles. The van der Waals surface area contributed by atoms with E-state index in [-0.39, 0.29) is 5.56 Å². The van der Waals surface area contributed by atoms with Crippen LogP contribution in [0.5, 0.6) is 0 Å². The fourth-order valence-corrected chi connectivity index (χ4v) is 1.23. The molecule has 0 spiro atoms. The highest BCUT2D eigenvalue weighted by molar-refractivity contribution is 5.87. The summed E-state index contributed by atoms with van der Waals surface area (Å²) in [5, 5.41) is 2.24. The van der Waals surface area contributed by atoms with Gasteiger partial charge in [-0.2, -0.15) is 0 Å². The van der Waals surface area contributed by atoms with E-state index in [1.54, 1.807) is 0 Å². The van der Waals surface area contributed by atoms with E-state index in [2.05, 4.69) is 5.32 Å². The first-order valence-electron chi connectivity index (χ1n) is 4.93. The number of nitrogens with two attached hydrogens (primary N) is 1. The van der Waals surface area contributed by atoms with Crippen LogP contribution in [0.2, 0.25) is 0 Å². The molecule has 0 saturated carbocycles. The highest BCUT2D eigenvalue weighted by atomic mass is 19.1. The summed E-state index contributed by atoms with van der Waals surface area (Å²) in [5.74, 6) is -2.98. The molecule has 1 atom stereocenters. The van der Waals surface area contributed by atoms with Crippen molar-refractivity contribution in [1.82, 2.24) is 5.32 Å². The lowest BCUT2D eigenvalue weighted by Gasteiger charge is -2.10. The fourth-order valence-electron chi connectivity index (χ4n) is 1.23. The van der Waals surface area contributed by atoms with Crippen LogP contribution in [-0.4, -0.2) is 17.9 Å². The van der Waals surface area contributed by atoms with E-state index in [4.69, 9.17) is 5.73 Å². The largest absolute Gasteiger partial charge is 0.368 e. The maximum absolute atomic E-state index is 13.2. The molecule has 1 aromatic rings. The van der Waals surface area contributed by atoms with Gasteiger partial charge >= 0.3 is 0 Å². The minimum Gasteiger partial charge on any atom is -0.368 e. The molecule has 1 rings (SSSR count). The third-order valence-electron chi connectivity index (χ3n) is 2.20. The zero-order valence-electron chi connectivity index (χ0n) is 9.17. The van der Waals surface area contributed by atoms with Gasteiger partial charge in [0.15, 0.2) is 0 Å². The Morgan fingerprint density at radius 3 is 2.35 bits per heavy atom. The van der Waals surface area contributed by atoms with Crippen LogP contribution in [0.25, 0.3) is 0 Å². The van der Waals surface area contributed by atoms with Crippen molar-refractivity contribution < 1.29 is 18.4 Å². The van der Waals surface area contributed by atoms with E-state index < -0.39 is 35.9 Å². The molecule has 2 amide bonds. The van der Waals surface area contributed by atoms with E-state index in [1.807, 2.05) is 0 Å². The molecule has 4 nitrogen and oxygen atoms in total. The molecule has 0 saturated heterocycles. The van der Waals surface area contributed by atoms with Crippen molar-refractivity contribution in [3.63, 3.8) is 0 Å². The molecule has 0 aliphatic carbocycles. The molecule has 0 heterocycles. The van der Waals surface area contributed by atoms with Gasteiger partial charge in [0, 0.05) is 5.56 Å². The maximum atomic E-state index is 13.2. The predicted molar refractivity (Wildman–Crippen MR) is 56.9 cm³/mol. The smallest absolute Gasteiger partial charge is 0.239 e. The van der Waals surface area contributed by atoms with Gasteiger partial charge < -0.3 is 11.1 Å². The van der Waals surface area contributed by atoms with Crippen molar-refractivity contribution in [2.45, 2.75) is 19.4 Å². The van der Waals surface area contributed by atoms with Crippen molar-refractivity contribution in [2.75, 3.05) is 0 Å². The van der Waals surface area contributed by atoms with Gasteiger partial charge in [0.1, 0.15) is 17.7 Å². The van der Waals surface area contributed by atoms with Gasteiger partial charge in [-0.05, 0) is 19.1 Å². The molecule has 0 fully saturated rings. The normalized spacial score (nSPS) is 11.9. The SMILES string of the molecule is CC(NC(=O)Cc1c(F)cccc1F)C(N)=O. The van der Waals surface area contributed by atoms with Crippen molar-refractivity contribution in [2.24, 2.45) is 5.73 Å². The number of halogens is 2. The standard InChI is InChI=1S/C11H12F2N2O2/c1-6(11(14)17)15-10(16)5-7-8(12)3-2-4-9(7)13/h2-4,6H,5H2,1H3,(H2,14,17)(H,15,16). The van der Waals surface area contributed by atoms with Gasteiger partial charge in [-0.3, -0.25) is 9.59 Å². The van der Waals surface area contributed by atoms with Crippen molar-refractivity contribution in [3.8, 4) is 0 Å². The summed E-state index contributed by atoms with van der Waals surface area (Å²) in [6, 6.07) is 2.45. The first kappa shape index (κ1) is 13.1. The van der Waals surface area contributed by atoms with E-state index in [0.29, 0.717) is 0 Å². The van der Waals surface area contributed by atoms with Gasteiger partial charge in [0.05, 0.1) is 6.42 Å². The van der Waals surface area contributed by atoms with Gasteiger partial charge in [0.2, 0.25) is 11.8 Å². The summed E-state index contributed by atoms with van der Waals surface area (Å²) in [7, 11) is 0. The van der Waals surface area contributed by atoms with E-state index in [0.717, 1.165) is 12.1 Å². The third-order valence-corrected chi connectivity index (χ3v) is 2.20. The van der Waals surface area contributed by atoms with Gasteiger partial charge in [-0.25, -0.2) is 8.78 Å². The Bertz CT molecular complexity index is 429. The molecule has 3 N–H and O–H groups in total. The lowest BCUT2D eigenvalue weighted by molar-refractivity contribution is -0.126. The number of primary amides is 1. The lowest BCUT2D eigenvalue weighted by Crippen LogP contribution is -2.42. The lowest BCUT2D eigenvalue weighted by atomic mass is 10.1. The molecular weight excluding hydrogens is 230 g/mol. The minimum atomic E-state index is -0.877. The molecule has 0 aromatic heterocycles. The van der Waals surface area contributed by atoms with Crippen LogP contribution in [0.4, 0.5) is 8.78 Å². The Hall–Kier alpha value is -1.98. The number of carbonyl (C=O) groups is 2. The quantitative estimate of drug-likeness (QED) is 0.806. The number of carbonyl (C=O) groups excluding carboxylic acids is 2. The van der Waals surface area contributed by atoms with Crippen LogP contribution >= 0.6 is 0 Å². The summed E-state index contributed by atoms with van der Waals surface area (Å²) < 4.78 is 26.4. The summed E-state index contributed by atoms with van der Waals surface area (Å²) in [6.07, 6.45) is -0.476. The summed E-state index contributed by atoms with van der Waals surface area (Å²) in [4.78, 5) is 22.1.